The molecule has 0 aromatic carbocycles. The van der Waals surface area contributed by atoms with Gasteiger partial charge in [-0.05, 0) is 12.1 Å². The maximum absolute atomic E-state index is 5.69. The molecule has 2 rings (SSSR count). The molecule has 0 aliphatic rings. The molecule has 0 amide bonds. The lowest BCUT2D eigenvalue weighted by Crippen LogP contribution is -2.08. The topological polar surface area (TPSA) is 26.0 Å². The van der Waals surface area contributed by atoms with E-state index in [2.05, 4.69) is 31.8 Å². The molecule has 68 valence electrons. The number of hydrogen-bond acceptors (Lipinski definition) is 2. The molecular formula is C11H13NO. The van der Waals surface area contributed by atoms with Crippen LogP contribution in [0, 0.1) is 0 Å². The maximum atomic E-state index is 5.69. The Hall–Kier alpha value is -1.31. The van der Waals surface area contributed by atoms with E-state index in [-0.39, 0.29) is 5.41 Å². The Bertz CT molecular complexity index is 390. The Morgan fingerprint density at radius 1 is 1.31 bits per heavy atom. The molecule has 0 aliphatic heterocycles. The summed E-state index contributed by atoms with van der Waals surface area (Å²) in [6.07, 6.45) is 3.58. The summed E-state index contributed by atoms with van der Waals surface area (Å²) in [6, 6.07) is 3.95. The van der Waals surface area contributed by atoms with Gasteiger partial charge in [0.05, 0.1) is 0 Å². The zero-order chi connectivity index (χ0) is 9.47. The van der Waals surface area contributed by atoms with E-state index < -0.39 is 0 Å². The van der Waals surface area contributed by atoms with Gasteiger partial charge in [0, 0.05) is 23.2 Å². The molecule has 0 saturated carbocycles. The predicted molar refractivity (Wildman–Crippen MR) is 52.7 cm³/mol. The van der Waals surface area contributed by atoms with Crippen molar-refractivity contribution >= 4 is 11.0 Å². The fraction of sp³-hybridized carbons (Fsp3) is 0.364. The fourth-order valence-corrected chi connectivity index (χ4v) is 1.25. The Morgan fingerprint density at radius 3 is 2.69 bits per heavy atom. The van der Waals surface area contributed by atoms with E-state index in [9.17, 15) is 0 Å². The minimum Gasteiger partial charge on any atom is -0.460 e. The number of fused-ring (bicyclic) bond motifs is 1. The number of furan rings is 1. The van der Waals surface area contributed by atoms with Crippen LogP contribution in [-0.4, -0.2) is 4.98 Å². The van der Waals surface area contributed by atoms with Crippen LogP contribution in [0.15, 0.2) is 28.9 Å². The van der Waals surface area contributed by atoms with Gasteiger partial charge in [-0.25, -0.2) is 0 Å². The first-order chi connectivity index (χ1) is 6.07. The SMILES string of the molecule is CC(C)(C)c1cc2cnccc2o1. The molecule has 0 aliphatic carbocycles. The van der Waals surface area contributed by atoms with Gasteiger partial charge < -0.3 is 4.42 Å². The normalized spacial score (nSPS) is 12.2. The van der Waals surface area contributed by atoms with E-state index in [0.717, 1.165) is 16.7 Å². The fourth-order valence-electron chi connectivity index (χ4n) is 1.25. The van der Waals surface area contributed by atoms with Gasteiger partial charge in [0.2, 0.25) is 0 Å². The molecule has 0 N–H and O–H groups in total. The van der Waals surface area contributed by atoms with Crippen molar-refractivity contribution in [2.45, 2.75) is 26.2 Å². The van der Waals surface area contributed by atoms with Crippen molar-refractivity contribution in [3.05, 3.63) is 30.3 Å². The van der Waals surface area contributed by atoms with Crippen LogP contribution in [0.4, 0.5) is 0 Å². The first-order valence-corrected chi connectivity index (χ1v) is 4.41. The molecule has 0 saturated heterocycles. The van der Waals surface area contributed by atoms with Crippen LogP contribution < -0.4 is 0 Å². The van der Waals surface area contributed by atoms with Crippen LogP contribution in [0.25, 0.3) is 11.0 Å². The van der Waals surface area contributed by atoms with Crippen LogP contribution in [0.5, 0.6) is 0 Å². The second-order valence-corrected chi connectivity index (χ2v) is 4.27. The first-order valence-electron chi connectivity index (χ1n) is 4.41. The number of hydrogen-bond donors (Lipinski definition) is 0. The number of rotatable bonds is 0. The monoisotopic (exact) mass is 175 g/mol. The molecule has 0 fully saturated rings. The third kappa shape index (κ3) is 1.44. The minimum absolute atomic E-state index is 0.0685. The summed E-state index contributed by atoms with van der Waals surface area (Å²) in [7, 11) is 0. The van der Waals surface area contributed by atoms with E-state index in [1.165, 1.54) is 0 Å². The van der Waals surface area contributed by atoms with Crippen LogP contribution in [-0.2, 0) is 5.41 Å². The zero-order valence-electron chi connectivity index (χ0n) is 8.16. The lowest BCUT2D eigenvalue weighted by molar-refractivity contribution is 0.430. The maximum Gasteiger partial charge on any atom is 0.137 e. The molecule has 2 nitrogen and oxygen atoms in total. The summed E-state index contributed by atoms with van der Waals surface area (Å²) >= 11 is 0. The average Bonchev–Trinajstić information content (AvgIpc) is 2.45. The lowest BCUT2D eigenvalue weighted by Gasteiger charge is -2.13. The Morgan fingerprint density at radius 2 is 2.08 bits per heavy atom. The minimum atomic E-state index is 0.0685. The molecule has 2 heteroatoms. The number of aromatic nitrogens is 1. The average molecular weight is 175 g/mol. The predicted octanol–water partition coefficient (Wildman–Crippen LogP) is 3.13. The van der Waals surface area contributed by atoms with E-state index in [4.69, 9.17) is 4.42 Å². The van der Waals surface area contributed by atoms with Crippen molar-refractivity contribution in [3.63, 3.8) is 0 Å². The molecule has 0 spiro atoms. The van der Waals surface area contributed by atoms with Crippen molar-refractivity contribution in [1.82, 2.24) is 4.98 Å². The van der Waals surface area contributed by atoms with Crippen molar-refractivity contribution in [2.75, 3.05) is 0 Å². The van der Waals surface area contributed by atoms with Crippen molar-refractivity contribution in [1.29, 1.82) is 0 Å². The molecule has 2 aromatic rings. The summed E-state index contributed by atoms with van der Waals surface area (Å²) in [5.41, 5.74) is 0.985. The summed E-state index contributed by atoms with van der Waals surface area (Å²) in [5.74, 6) is 1.01. The lowest BCUT2D eigenvalue weighted by atomic mass is 9.93. The van der Waals surface area contributed by atoms with Crippen molar-refractivity contribution in [2.24, 2.45) is 0 Å². The van der Waals surface area contributed by atoms with Gasteiger partial charge in [0.15, 0.2) is 0 Å². The molecule has 0 unspecified atom stereocenters. The standard InChI is InChI=1S/C11H13NO/c1-11(2,3)10-6-8-7-12-5-4-9(8)13-10/h4-7H,1-3H3. The molecule has 2 aromatic heterocycles. The number of pyridine rings is 1. The van der Waals surface area contributed by atoms with Crippen LogP contribution in [0.1, 0.15) is 26.5 Å². The summed E-state index contributed by atoms with van der Waals surface area (Å²) < 4.78 is 5.69. The van der Waals surface area contributed by atoms with E-state index >= 15 is 0 Å². The van der Waals surface area contributed by atoms with Gasteiger partial charge >= 0.3 is 0 Å². The highest BCUT2D eigenvalue weighted by Crippen LogP contribution is 2.28. The van der Waals surface area contributed by atoms with Crippen molar-refractivity contribution < 1.29 is 4.42 Å². The first kappa shape index (κ1) is 8.30. The Balaban J connectivity index is 2.63. The summed E-state index contributed by atoms with van der Waals surface area (Å²) in [4.78, 5) is 4.05. The molecule has 0 bridgehead atoms. The quantitative estimate of drug-likeness (QED) is 0.614. The number of nitrogens with zero attached hydrogens (tertiary/aromatic N) is 1. The van der Waals surface area contributed by atoms with E-state index in [1.54, 1.807) is 6.20 Å². The Labute approximate surface area is 77.6 Å². The van der Waals surface area contributed by atoms with Crippen LogP contribution in [0.3, 0.4) is 0 Å². The molecule has 13 heavy (non-hydrogen) atoms. The largest absolute Gasteiger partial charge is 0.460 e. The highest BCUT2D eigenvalue weighted by molar-refractivity contribution is 5.76. The van der Waals surface area contributed by atoms with Crippen LogP contribution in [0.2, 0.25) is 0 Å². The van der Waals surface area contributed by atoms with Gasteiger partial charge in [-0.2, -0.15) is 0 Å². The molecular weight excluding hydrogens is 162 g/mol. The second-order valence-electron chi connectivity index (χ2n) is 4.27. The smallest absolute Gasteiger partial charge is 0.137 e. The van der Waals surface area contributed by atoms with Crippen molar-refractivity contribution in [3.8, 4) is 0 Å². The summed E-state index contributed by atoms with van der Waals surface area (Å²) in [6.45, 7) is 6.41. The molecule has 2 heterocycles. The van der Waals surface area contributed by atoms with Gasteiger partial charge in [0.25, 0.3) is 0 Å². The third-order valence-electron chi connectivity index (χ3n) is 2.06. The molecule has 0 atom stereocenters. The van der Waals surface area contributed by atoms with Gasteiger partial charge in [-0.1, -0.05) is 20.8 Å². The van der Waals surface area contributed by atoms with Gasteiger partial charge in [-0.3, -0.25) is 4.98 Å². The zero-order valence-corrected chi connectivity index (χ0v) is 8.16. The van der Waals surface area contributed by atoms with E-state index in [1.807, 2.05) is 12.3 Å². The highest BCUT2D eigenvalue weighted by Gasteiger charge is 2.18. The second kappa shape index (κ2) is 2.59. The molecule has 0 radical (unpaired) electrons. The third-order valence-corrected chi connectivity index (χ3v) is 2.06. The Kier molecular flexibility index (Phi) is 1.65. The summed E-state index contributed by atoms with van der Waals surface area (Å²) in [5, 5.41) is 1.08. The highest BCUT2D eigenvalue weighted by atomic mass is 16.3. The van der Waals surface area contributed by atoms with Gasteiger partial charge in [0.1, 0.15) is 11.3 Å². The van der Waals surface area contributed by atoms with Crippen LogP contribution >= 0.6 is 0 Å². The van der Waals surface area contributed by atoms with E-state index in [0.29, 0.717) is 0 Å². The van der Waals surface area contributed by atoms with Gasteiger partial charge in [-0.15, -0.1) is 0 Å².